The number of nitrogens with one attached hydrogen (secondary N) is 2. The van der Waals surface area contributed by atoms with E-state index in [1.54, 1.807) is 39.0 Å². The first-order chi connectivity index (χ1) is 9.37. The number of ether oxygens (including phenoxy) is 2. The van der Waals surface area contributed by atoms with Crippen LogP contribution in [0.2, 0.25) is 0 Å². The Morgan fingerprint density at radius 3 is 2.90 bits per heavy atom. The van der Waals surface area contributed by atoms with E-state index >= 15 is 0 Å². The quantitative estimate of drug-likeness (QED) is 0.571. The van der Waals surface area contributed by atoms with E-state index in [0.29, 0.717) is 23.7 Å². The maximum absolute atomic E-state index is 11.7. The van der Waals surface area contributed by atoms with Gasteiger partial charge in [0.1, 0.15) is 11.4 Å². The van der Waals surface area contributed by atoms with Gasteiger partial charge in [-0.15, -0.1) is 0 Å². The molecule has 0 aromatic heterocycles. The van der Waals surface area contributed by atoms with Gasteiger partial charge in [0.25, 0.3) is 0 Å². The second-order valence-corrected chi connectivity index (χ2v) is 5.37. The molecule has 1 aliphatic rings. The monoisotopic (exact) mass is 282 g/mol. The maximum Gasteiger partial charge on any atom is 0.412 e. The zero-order valence-corrected chi connectivity index (χ0v) is 11.6. The third-order valence-corrected chi connectivity index (χ3v) is 2.46. The molecule has 1 amide bonds. The summed E-state index contributed by atoms with van der Waals surface area (Å²) in [7, 11) is 0. The van der Waals surface area contributed by atoms with Gasteiger partial charge in [0.15, 0.2) is 0 Å². The average molecular weight is 282 g/mol. The molecule has 110 valence electrons. The van der Waals surface area contributed by atoms with Crippen LogP contribution in [0.1, 0.15) is 20.8 Å². The van der Waals surface area contributed by atoms with Crippen LogP contribution in [0.15, 0.2) is 18.2 Å². The van der Waals surface area contributed by atoms with Gasteiger partial charge in [-0.25, -0.2) is 10.1 Å². The molecule has 1 atom stereocenters. The van der Waals surface area contributed by atoms with E-state index in [1.165, 1.54) is 0 Å². The summed E-state index contributed by atoms with van der Waals surface area (Å²) in [5.41, 5.74) is 0.732. The van der Waals surface area contributed by atoms with Crippen LogP contribution in [0.5, 0.6) is 5.75 Å². The molecule has 0 fully saturated rings. The van der Waals surface area contributed by atoms with Crippen LogP contribution in [0.4, 0.5) is 16.2 Å². The molecule has 1 aliphatic heterocycles. The van der Waals surface area contributed by atoms with Crippen molar-refractivity contribution in [2.75, 3.05) is 17.2 Å². The van der Waals surface area contributed by atoms with Crippen molar-refractivity contribution >= 4 is 17.5 Å². The predicted molar refractivity (Wildman–Crippen MR) is 72.9 cm³/mol. The minimum Gasteiger partial charge on any atom is -0.458 e. The van der Waals surface area contributed by atoms with E-state index in [9.17, 15) is 4.79 Å². The fourth-order valence-electron chi connectivity index (χ4n) is 1.71. The standard InChI is InChI=1S/C13H18N2O5/c1-13(2,3)19-12(16)15-8-4-5-10-9(6-8)14-7-11(18-10)20-17/h4-6,11,14,17H,7H2,1-3H3,(H,15,16)/t11-/m0/s1. The first-order valence-corrected chi connectivity index (χ1v) is 6.22. The van der Waals surface area contributed by atoms with Crippen LogP contribution in [0.25, 0.3) is 0 Å². The Hall–Kier alpha value is -1.99. The van der Waals surface area contributed by atoms with E-state index in [1.807, 2.05) is 0 Å². The summed E-state index contributed by atoms with van der Waals surface area (Å²) >= 11 is 0. The van der Waals surface area contributed by atoms with E-state index in [2.05, 4.69) is 15.5 Å². The number of carbonyl (C=O) groups excluding carboxylic acids is 1. The molecule has 1 heterocycles. The van der Waals surface area contributed by atoms with Crippen molar-refractivity contribution in [2.24, 2.45) is 0 Å². The number of amides is 1. The summed E-state index contributed by atoms with van der Waals surface area (Å²) in [4.78, 5) is 15.8. The predicted octanol–water partition coefficient (Wildman–Crippen LogP) is 2.65. The van der Waals surface area contributed by atoms with Crippen LogP contribution in [-0.4, -0.2) is 29.8 Å². The molecule has 0 unspecified atom stereocenters. The summed E-state index contributed by atoms with van der Waals surface area (Å²) in [5, 5.41) is 14.2. The molecule has 0 spiro atoms. The summed E-state index contributed by atoms with van der Waals surface area (Å²) in [6.45, 7) is 5.69. The molecule has 0 bridgehead atoms. The van der Waals surface area contributed by atoms with Crippen molar-refractivity contribution in [3.63, 3.8) is 0 Å². The molecular formula is C13H18N2O5. The van der Waals surface area contributed by atoms with Gasteiger partial charge in [0.2, 0.25) is 6.29 Å². The van der Waals surface area contributed by atoms with Gasteiger partial charge in [0, 0.05) is 5.69 Å². The lowest BCUT2D eigenvalue weighted by Gasteiger charge is -2.25. The number of hydrogen-bond acceptors (Lipinski definition) is 6. The Bertz CT molecular complexity index is 498. The topological polar surface area (TPSA) is 89.1 Å². The van der Waals surface area contributed by atoms with Crippen LogP contribution in [0, 0.1) is 0 Å². The van der Waals surface area contributed by atoms with Gasteiger partial charge in [-0.3, -0.25) is 5.32 Å². The molecule has 7 nitrogen and oxygen atoms in total. The molecule has 1 aromatic carbocycles. The second-order valence-electron chi connectivity index (χ2n) is 5.37. The smallest absolute Gasteiger partial charge is 0.412 e. The number of fused-ring (bicyclic) bond motifs is 1. The van der Waals surface area contributed by atoms with E-state index in [-0.39, 0.29) is 0 Å². The number of anilines is 2. The minimum atomic E-state index is -0.743. The molecule has 1 aromatic rings. The molecule has 2 rings (SSSR count). The lowest BCUT2D eigenvalue weighted by Crippen LogP contribution is -2.32. The Morgan fingerprint density at radius 2 is 2.25 bits per heavy atom. The highest BCUT2D eigenvalue weighted by atomic mass is 17.1. The average Bonchev–Trinajstić information content (AvgIpc) is 2.35. The van der Waals surface area contributed by atoms with Crippen LogP contribution < -0.4 is 15.4 Å². The zero-order valence-electron chi connectivity index (χ0n) is 11.6. The Labute approximate surface area is 116 Å². The van der Waals surface area contributed by atoms with E-state index < -0.39 is 18.0 Å². The molecule has 0 aliphatic carbocycles. The third-order valence-electron chi connectivity index (χ3n) is 2.46. The number of hydrogen-bond donors (Lipinski definition) is 3. The van der Waals surface area contributed by atoms with Gasteiger partial charge >= 0.3 is 6.09 Å². The van der Waals surface area contributed by atoms with E-state index in [4.69, 9.17) is 14.7 Å². The van der Waals surface area contributed by atoms with Gasteiger partial charge in [0.05, 0.1) is 12.2 Å². The normalized spacial score (nSPS) is 17.5. The lowest BCUT2D eigenvalue weighted by atomic mass is 10.2. The van der Waals surface area contributed by atoms with Crippen molar-refractivity contribution in [2.45, 2.75) is 32.7 Å². The highest BCUT2D eigenvalue weighted by Crippen LogP contribution is 2.31. The van der Waals surface area contributed by atoms with Crippen molar-refractivity contribution in [1.82, 2.24) is 0 Å². The largest absolute Gasteiger partial charge is 0.458 e. The first kappa shape index (κ1) is 14.4. The SMILES string of the molecule is CC(C)(C)OC(=O)Nc1ccc2c(c1)NC[C@H](OO)O2. The van der Waals surface area contributed by atoms with Crippen molar-refractivity contribution < 1.29 is 24.4 Å². The Balaban J connectivity index is 2.03. The van der Waals surface area contributed by atoms with Gasteiger partial charge < -0.3 is 14.8 Å². The third kappa shape index (κ3) is 3.75. The molecule has 20 heavy (non-hydrogen) atoms. The summed E-state index contributed by atoms with van der Waals surface area (Å²) < 4.78 is 10.5. The van der Waals surface area contributed by atoms with Crippen LogP contribution in [-0.2, 0) is 9.62 Å². The molecule has 7 heteroatoms. The van der Waals surface area contributed by atoms with Crippen LogP contribution in [0.3, 0.4) is 0 Å². The zero-order chi connectivity index (χ0) is 14.8. The van der Waals surface area contributed by atoms with E-state index in [0.717, 1.165) is 0 Å². The molecule has 0 saturated carbocycles. The number of rotatable bonds is 2. The Kier molecular flexibility index (Phi) is 4.01. The first-order valence-electron chi connectivity index (χ1n) is 6.22. The maximum atomic E-state index is 11.7. The highest BCUT2D eigenvalue weighted by Gasteiger charge is 2.21. The molecule has 0 saturated heterocycles. The molecule has 0 radical (unpaired) electrons. The Morgan fingerprint density at radius 1 is 1.50 bits per heavy atom. The minimum absolute atomic E-state index is 0.305. The fraction of sp³-hybridized carbons (Fsp3) is 0.462. The van der Waals surface area contributed by atoms with Crippen molar-refractivity contribution in [3.8, 4) is 5.75 Å². The summed E-state index contributed by atoms with van der Waals surface area (Å²) in [6.07, 6.45) is -1.27. The molecular weight excluding hydrogens is 264 g/mol. The van der Waals surface area contributed by atoms with Gasteiger partial charge in [-0.1, -0.05) is 0 Å². The van der Waals surface area contributed by atoms with Gasteiger partial charge in [-0.2, -0.15) is 4.89 Å². The van der Waals surface area contributed by atoms with Gasteiger partial charge in [-0.05, 0) is 39.0 Å². The van der Waals surface area contributed by atoms with Crippen molar-refractivity contribution in [3.05, 3.63) is 18.2 Å². The second kappa shape index (κ2) is 5.56. The summed E-state index contributed by atoms with van der Waals surface area (Å²) in [6, 6.07) is 5.05. The lowest BCUT2D eigenvalue weighted by molar-refractivity contribution is -0.321. The molecule has 3 N–H and O–H groups in total. The highest BCUT2D eigenvalue weighted by molar-refractivity contribution is 5.86. The number of benzene rings is 1. The summed E-state index contributed by atoms with van der Waals surface area (Å²) in [5.74, 6) is 0.532. The van der Waals surface area contributed by atoms with Crippen molar-refractivity contribution in [1.29, 1.82) is 0 Å². The fourth-order valence-corrected chi connectivity index (χ4v) is 1.71. The van der Waals surface area contributed by atoms with Crippen LogP contribution >= 0.6 is 0 Å². The number of carbonyl (C=O) groups is 1.